The highest BCUT2D eigenvalue weighted by atomic mass is 16.5. The lowest BCUT2D eigenvalue weighted by atomic mass is 9.95. The first-order chi connectivity index (χ1) is 19.0. The molecule has 4 N–H and O–H groups in total. The van der Waals surface area contributed by atoms with E-state index in [1.165, 1.54) is 19.2 Å². The van der Waals surface area contributed by atoms with Crippen LogP contribution in [0.5, 0.6) is 17.2 Å². The summed E-state index contributed by atoms with van der Waals surface area (Å²) >= 11 is 0. The molecule has 1 amide bonds. The van der Waals surface area contributed by atoms with Gasteiger partial charge in [0.1, 0.15) is 22.8 Å². The van der Waals surface area contributed by atoms with Gasteiger partial charge < -0.3 is 29.8 Å². The maximum atomic E-state index is 13.6. The Bertz CT molecular complexity index is 1620. The zero-order chi connectivity index (χ0) is 29.1. The number of phenolic OH excluding ortho intramolecular Hbond substituents is 3. The minimum absolute atomic E-state index is 0.0102. The number of nitrogens with one attached hydrogen (secondary N) is 1. The van der Waals surface area contributed by atoms with Crippen molar-refractivity contribution in [2.24, 2.45) is 5.92 Å². The number of methoxy groups -OCH3 is 1. The van der Waals surface area contributed by atoms with Gasteiger partial charge in [0.05, 0.1) is 12.7 Å². The molecule has 0 radical (unpaired) electrons. The van der Waals surface area contributed by atoms with Gasteiger partial charge in [0.25, 0.3) is 5.91 Å². The van der Waals surface area contributed by atoms with E-state index < -0.39 is 40.6 Å². The first kappa shape index (κ1) is 28.2. The summed E-state index contributed by atoms with van der Waals surface area (Å²) in [5, 5.41) is 33.8. The average molecular weight is 546 g/mol. The molecule has 208 valence electrons. The maximum Gasteiger partial charge on any atom is 0.328 e. The quantitative estimate of drug-likeness (QED) is 0.186. The van der Waals surface area contributed by atoms with Crippen LogP contribution in [0.1, 0.15) is 41.1 Å². The number of esters is 1. The van der Waals surface area contributed by atoms with E-state index in [0.29, 0.717) is 12.0 Å². The number of carbonyl (C=O) groups excluding carboxylic acids is 2. The molecule has 0 saturated carbocycles. The fourth-order valence-corrected chi connectivity index (χ4v) is 4.70. The number of hydrogen-bond donors (Lipinski definition) is 4. The summed E-state index contributed by atoms with van der Waals surface area (Å²) in [6.45, 7) is 5.39. The van der Waals surface area contributed by atoms with Crippen LogP contribution in [0.15, 0.2) is 63.8 Å². The fourth-order valence-electron chi connectivity index (χ4n) is 4.70. The van der Waals surface area contributed by atoms with Crippen molar-refractivity contribution in [2.75, 3.05) is 7.11 Å². The number of fused-ring (bicyclic) bond motifs is 1. The minimum Gasteiger partial charge on any atom is -0.504 e. The third-order valence-electron chi connectivity index (χ3n) is 6.66. The topological polar surface area (TPSA) is 146 Å². The normalized spacial score (nSPS) is 11.9. The van der Waals surface area contributed by atoms with Gasteiger partial charge in [0.2, 0.25) is 11.2 Å². The Morgan fingerprint density at radius 3 is 2.17 bits per heavy atom. The van der Waals surface area contributed by atoms with E-state index in [4.69, 9.17) is 9.15 Å². The van der Waals surface area contributed by atoms with Crippen molar-refractivity contribution < 1.29 is 34.1 Å². The van der Waals surface area contributed by atoms with Gasteiger partial charge >= 0.3 is 5.97 Å². The maximum absolute atomic E-state index is 13.6. The molecule has 9 heteroatoms. The molecular formula is C31H31NO8. The average Bonchev–Trinajstić information content (AvgIpc) is 2.93. The third kappa shape index (κ3) is 5.49. The molecular weight excluding hydrogens is 514 g/mol. The molecule has 0 fully saturated rings. The van der Waals surface area contributed by atoms with Crippen LogP contribution in [0.25, 0.3) is 22.1 Å². The summed E-state index contributed by atoms with van der Waals surface area (Å²) in [7, 11) is 1.25. The zero-order valence-corrected chi connectivity index (χ0v) is 22.6. The number of benzene rings is 3. The Labute approximate surface area is 230 Å². The summed E-state index contributed by atoms with van der Waals surface area (Å²) in [4.78, 5) is 38.9. The third-order valence-corrected chi connectivity index (χ3v) is 6.66. The van der Waals surface area contributed by atoms with Gasteiger partial charge in [-0.05, 0) is 42.5 Å². The van der Waals surface area contributed by atoms with Crippen molar-refractivity contribution in [3.05, 3.63) is 87.3 Å². The SMILES string of the molecule is COC(=O)C(Cc1ccccc1)NC(=O)c1ccc(-c2c(C)oc3c(CC(C)C)c(O)c(O)c(O)c3c2=O)cc1. The van der Waals surface area contributed by atoms with Crippen molar-refractivity contribution in [1.82, 2.24) is 5.32 Å². The van der Waals surface area contributed by atoms with Gasteiger partial charge in [0.15, 0.2) is 11.5 Å². The summed E-state index contributed by atoms with van der Waals surface area (Å²) in [6.07, 6.45) is 0.553. The smallest absolute Gasteiger partial charge is 0.328 e. The van der Waals surface area contributed by atoms with E-state index in [1.807, 2.05) is 44.2 Å². The molecule has 3 aromatic carbocycles. The minimum atomic E-state index is -0.901. The second-order valence-corrected chi connectivity index (χ2v) is 10.0. The second kappa shape index (κ2) is 11.5. The fraction of sp³-hybridized carbons (Fsp3) is 0.258. The molecule has 1 atom stereocenters. The van der Waals surface area contributed by atoms with E-state index in [9.17, 15) is 29.7 Å². The number of aromatic hydroxyl groups is 3. The molecule has 9 nitrogen and oxygen atoms in total. The van der Waals surface area contributed by atoms with Gasteiger partial charge in [-0.1, -0.05) is 56.3 Å². The number of rotatable bonds is 8. The number of hydrogen-bond acceptors (Lipinski definition) is 8. The van der Waals surface area contributed by atoms with Crippen LogP contribution in [0, 0.1) is 12.8 Å². The van der Waals surface area contributed by atoms with Crippen molar-refractivity contribution >= 4 is 22.8 Å². The molecule has 0 spiro atoms. The molecule has 1 unspecified atom stereocenters. The lowest BCUT2D eigenvalue weighted by Gasteiger charge is -2.17. The molecule has 0 bridgehead atoms. The van der Waals surface area contributed by atoms with Crippen LogP contribution in [-0.4, -0.2) is 40.3 Å². The highest BCUT2D eigenvalue weighted by Gasteiger charge is 2.26. The standard InChI is InChI=1S/C31H31NO8/c1-16(2)14-21-25(33)28(36)27(35)24-26(34)23(17(3)40-29(21)24)19-10-12-20(13-11-19)30(37)32-22(31(38)39-4)15-18-8-6-5-7-9-18/h5-13,16,22,33,35-36H,14-15H2,1-4H3,(H,32,37). The number of phenols is 3. The van der Waals surface area contributed by atoms with E-state index in [0.717, 1.165) is 5.56 Å². The summed E-state index contributed by atoms with van der Waals surface area (Å²) < 4.78 is 10.8. The van der Waals surface area contributed by atoms with Crippen molar-refractivity contribution in [3.63, 3.8) is 0 Å². The van der Waals surface area contributed by atoms with Gasteiger partial charge in [0, 0.05) is 17.5 Å². The largest absolute Gasteiger partial charge is 0.504 e. The zero-order valence-electron chi connectivity index (χ0n) is 22.6. The van der Waals surface area contributed by atoms with E-state index in [-0.39, 0.29) is 45.8 Å². The predicted octanol–water partition coefficient (Wildman–Crippen LogP) is 4.60. The van der Waals surface area contributed by atoms with Gasteiger partial charge in [-0.2, -0.15) is 0 Å². The number of amides is 1. The van der Waals surface area contributed by atoms with E-state index in [2.05, 4.69) is 5.32 Å². The highest BCUT2D eigenvalue weighted by Crippen LogP contribution is 2.45. The summed E-state index contributed by atoms with van der Waals surface area (Å²) in [5.41, 5.74) is 1.29. The van der Waals surface area contributed by atoms with E-state index in [1.54, 1.807) is 19.1 Å². The first-order valence-electron chi connectivity index (χ1n) is 12.8. The Kier molecular flexibility index (Phi) is 8.13. The molecule has 4 aromatic rings. The summed E-state index contributed by atoms with van der Waals surface area (Å²) in [6, 6.07) is 14.4. The molecule has 1 aromatic heterocycles. The molecule has 0 saturated heterocycles. The molecule has 1 heterocycles. The second-order valence-electron chi connectivity index (χ2n) is 10.0. The summed E-state index contributed by atoms with van der Waals surface area (Å²) in [5.74, 6) is -2.86. The Hall–Kier alpha value is -4.79. The molecule has 0 aliphatic heterocycles. The lowest BCUT2D eigenvalue weighted by molar-refractivity contribution is -0.142. The number of aryl methyl sites for hydroxylation is 1. The highest BCUT2D eigenvalue weighted by molar-refractivity contribution is 5.98. The molecule has 0 aliphatic rings. The monoisotopic (exact) mass is 545 g/mol. The molecule has 0 aliphatic carbocycles. The van der Waals surface area contributed by atoms with Crippen LogP contribution < -0.4 is 10.7 Å². The first-order valence-corrected chi connectivity index (χ1v) is 12.8. The van der Waals surface area contributed by atoms with E-state index >= 15 is 0 Å². The number of ether oxygens (including phenoxy) is 1. The van der Waals surface area contributed by atoms with Gasteiger partial charge in [-0.25, -0.2) is 4.79 Å². The van der Waals surface area contributed by atoms with Crippen LogP contribution in [0.2, 0.25) is 0 Å². The predicted molar refractivity (Wildman–Crippen MR) is 150 cm³/mol. The Morgan fingerprint density at radius 1 is 0.925 bits per heavy atom. The van der Waals surface area contributed by atoms with Crippen LogP contribution in [-0.2, 0) is 22.4 Å². The Morgan fingerprint density at radius 2 is 1.57 bits per heavy atom. The van der Waals surface area contributed by atoms with Crippen molar-refractivity contribution in [2.45, 2.75) is 39.7 Å². The molecule has 4 rings (SSSR count). The van der Waals surface area contributed by atoms with Crippen molar-refractivity contribution in [1.29, 1.82) is 0 Å². The van der Waals surface area contributed by atoms with Gasteiger partial charge in [-0.15, -0.1) is 0 Å². The van der Waals surface area contributed by atoms with Crippen LogP contribution >= 0.6 is 0 Å². The van der Waals surface area contributed by atoms with Crippen molar-refractivity contribution in [3.8, 4) is 28.4 Å². The van der Waals surface area contributed by atoms with Crippen LogP contribution in [0.3, 0.4) is 0 Å². The number of carbonyl (C=O) groups is 2. The lowest BCUT2D eigenvalue weighted by Crippen LogP contribution is -2.43. The Balaban J connectivity index is 1.68. The van der Waals surface area contributed by atoms with Crippen LogP contribution in [0.4, 0.5) is 0 Å². The van der Waals surface area contributed by atoms with Gasteiger partial charge in [-0.3, -0.25) is 9.59 Å². The molecule has 40 heavy (non-hydrogen) atoms.